The molecule has 0 N–H and O–H groups in total. The van der Waals surface area contributed by atoms with Crippen LogP contribution >= 0.6 is 11.8 Å². The Morgan fingerprint density at radius 1 is 1.00 bits per heavy atom. The fourth-order valence-corrected chi connectivity index (χ4v) is 3.91. The summed E-state index contributed by atoms with van der Waals surface area (Å²) in [5.41, 5.74) is 3.13. The minimum atomic E-state index is 0.490. The second-order valence-electron chi connectivity index (χ2n) is 6.85. The molecule has 0 atom stereocenters. The van der Waals surface area contributed by atoms with Crippen LogP contribution in [0.3, 0.4) is 0 Å². The lowest BCUT2D eigenvalue weighted by molar-refractivity contribution is 0.415. The number of ether oxygens (including phenoxy) is 1. The number of aromatic nitrogens is 5. The summed E-state index contributed by atoms with van der Waals surface area (Å²) < 4.78 is 13.2. The topological polar surface area (TPSA) is 78.9 Å². The van der Waals surface area contributed by atoms with Crippen LogP contribution in [0.2, 0.25) is 0 Å². The van der Waals surface area contributed by atoms with Gasteiger partial charge in [0, 0.05) is 17.7 Å². The van der Waals surface area contributed by atoms with Gasteiger partial charge in [0.25, 0.3) is 0 Å². The van der Waals surface area contributed by atoms with Crippen LogP contribution in [0.25, 0.3) is 22.8 Å². The maximum Gasteiger partial charge on any atom is 0.247 e. The minimum absolute atomic E-state index is 0.490. The predicted molar refractivity (Wildman–Crippen MR) is 116 cm³/mol. The van der Waals surface area contributed by atoms with Crippen molar-refractivity contribution in [2.75, 3.05) is 7.11 Å². The second kappa shape index (κ2) is 9.13. The lowest BCUT2D eigenvalue weighted by Crippen LogP contribution is -2.02. The summed E-state index contributed by atoms with van der Waals surface area (Å²) in [5, 5.41) is 18.0. The van der Waals surface area contributed by atoms with Crippen LogP contribution in [0.5, 0.6) is 5.75 Å². The maximum absolute atomic E-state index is 5.83. The number of hydrogen-bond acceptors (Lipinski definition) is 7. The molecular formula is C22H23N5O2S. The second-order valence-corrected chi connectivity index (χ2v) is 7.79. The van der Waals surface area contributed by atoms with E-state index in [1.54, 1.807) is 18.9 Å². The molecule has 0 saturated heterocycles. The number of aryl methyl sites for hydroxylation is 1. The summed E-state index contributed by atoms with van der Waals surface area (Å²) in [4.78, 5) is 0. The maximum atomic E-state index is 5.83. The first-order valence-electron chi connectivity index (χ1n) is 9.77. The number of benzene rings is 2. The summed E-state index contributed by atoms with van der Waals surface area (Å²) in [6.07, 6.45) is 0.993. The Bertz CT molecular complexity index is 1120. The fourth-order valence-electron chi connectivity index (χ4n) is 3.11. The monoisotopic (exact) mass is 421 g/mol. The molecule has 0 aliphatic rings. The van der Waals surface area contributed by atoms with Gasteiger partial charge in [0.15, 0.2) is 11.0 Å². The van der Waals surface area contributed by atoms with Gasteiger partial charge in [0.1, 0.15) is 5.75 Å². The third-order valence-corrected chi connectivity index (χ3v) is 5.52. The molecule has 8 heteroatoms. The molecule has 0 spiro atoms. The van der Waals surface area contributed by atoms with Crippen LogP contribution in [0, 0.1) is 6.92 Å². The van der Waals surface area contributed by atoms with Gasteiger partial charge in [0.05, 0.1) is 12.9 Å². The van der Waals surface area contributed by atoms with Gasteiger partial charge in [0.2, 0.25) is 11.8 Å². The van der Waals surface area contributed by atoms with E-state index in [2.05, 4.69) is 57.0 Å². The smallest absolute Gasteiger partial charge is 0.247 e. The molecule has 0 saturated carbocycles. The van der Waals surface area contributed by atoms with E-state index in [9.17, 15) is 0 Å². The van der Waals surface area contributed by atoms with Crippen molar-refractivity contribution in [2.24, 2.45) is 0 Å². The van der Waals surface area contributed by atoms with Crippen molar-refractivity contribution in [2.45, 2.75) is 37.7 Å². The van der Waals surface area contributed by atoms with Crippen LogP contribution in [0.1, 0.15) is 24.8 Å². The molecule has 0 unspecified atom stereocenters. The third kappa shape index (κ3) is 4.38. The van der Waals surface area contributed by atoms with Gasteiger partial charge in [-0.1, -0.05) is 42.4 Å². The first kappa shape index (κ1) is 20.2. The zero-order chi connectivity index (χ0) is 20.9. The van der Waals surface area contributed by atoms with Crippen molar-refractivity contribution in [1.29, 1.82) is 0 Å². The molecule has 0 aliphatic carbocycles. The van der Waals surface area contributed by atoms with Crippen molar-refractivity contribution < 1.29 is 9.15 Å². The van der Waals surface area contributed by atoms with Crippen molar-refractivity contribution in [1.82, 2.24) is 25.0 Å². The van der Waals surface area contributed by atoms with E-state index in [4.69, 9.17) is 9.15 Å². The van der Waals surface area contributed by atoms with Crippen molar-refractivity contribution >= 4 is 11.8 Å². The summed E-state index contributed by atoms with van der Waals surface area (Å²) in [5.74, 6) is 3.23. The number of methoxy groups -OCH3 is 1. The summed E-state index contributed by atoms with van der Waals surface area (Å²) in [7, 11) is 1.64. The van der Waals surface area contributed by atoms with Gasteiger partial charge < -0.3 is 13.7 Å². The molecule has 4 aromatic rings. The fraction of sp³-hybridized carbons (Fsp3) is 0.273. The van der Waals surface area contributed by atoms with E-state index < -0.39 is 0 Å². The summed E-state index contributed by atoms with van der Waals surface area (Å²) in [6.45, 7) is 5.07. The van der Waals surface area contributed by atoms with Crippen LogP contribution in [0.4, 0.5) is 0 Å². The van der Waals surface area contributed by atoms with Crippen LogP contribution in [-0.2, 0) is 12.3 Å². The lowest BCUT2D eigenvalue weighted by Gasteiger charge is -2.08. The molecule has 0 bridgehead atoms. The number of nitrogens with zero attached hydrogens (tertiary/aromatic N) is 5. The molecule has 2 aromatic carbocycles. The predicted octanol–water partition coefficient (Wildman–Crippen LogP) is 5.01. The highest BCUT2D eigenvalue weighted by molar-refractivity contribution is 7.98. The number of hydrogen-bond donors (Lipinski definition) is 0. The van der Waals surface area contributed by atoms with E-state index in [0.717, 1.165) is 40.8 Å². The Kier molecular flexibility index (Phi) is 6.13. The molecule has 0 aliphatic heterocycles. The Balaban J connectivity index is 1.50. The molecule has 2 aromatic heterocycles. The average molecular weight is 422 g/mol. The molecule has 0 radical (unpaired) electrons. The summed E-state index contributed by atoms with van der Waals surface area (Å²) in [6, 6.07) is 15.9. The van der Waals surface area contributed by atoms with Crippen LogP contribution < -0.4 is 4.74 Å². The molecular weight excluding hydrogens is 398 g/mol. The van der Waals surface area contributed by atoms with Gasteiger partial charge in [-0.3, -0.25) is 0 Å². The standard InChI is InChI=1S/C22H23N5O2S/c1-4-12-27-20(17-7-5-6-15(2)13-17)24-26-22(27)30-14-19-23-25-21(29-19)16-8-10-18(28-3)11-9-16/h5-11,13H,4,12,14H2,1-3H3. The van der Waals surface area contributed by atoms with Crippen molar-refractivity contribution in [3.63, 3.8) is 0 Å². The quantitative estimate of drug-likeness (QED) is 0.370. The van der Waals surface area contributed by atoms with Crippen molar-refractivity contribution in [3.05, 3.63) is 60.0 Å². The summed E-state index contributed by atoms with van der Waals surface area (Å²) >= 11 is 1.55. The first-order chi connectivity index (χ1) is 14.7. The SMILES string of the molecule is CCCn1c(SCc2nnc(-c3ccc(OC)cc3)o2)nnc1-c1cccc(C)c1. The molecule has 4 rings (SSSR count). The molecule has 7 nitrogen and oxygen atoms in total. The van der Waals surface area contributed by atoms with Gasteiger partial charge in [-0.05, 0) is 43.7 Å². The zero-order valence-corrected chi connectivity index (χ0v) is 18.0. The lowest BCUT2D eigenvalue weighted by atomic mass is 10.1. The van der Waals surface area contributed by atoms with Crippen LogP contribution in [0.15, 0.2) is 58.1 Å². The van der Waals surface area contributed by atoms with E-state index in [0.29, 0.717) is 17.5 Å². The van der Waals surface area contributed by atoms with Gasteiger partial charge in [-0.25, -0.2) is 0 Å². The Labute approximate surface area is 179 Å². The van der Waals surface area contributed by atoms with E-state index >= 15 is 0 Å². The van der Waals surface area contributed by atoms with Crippen molar-refractivity contribution in [3.8, 4) is 28.6 Å². The van der Waals surface area contributed by atoms with E-state index in [1.165, 1.54) is 5.56 Å². The zero-order valence-electron chi connectivity index (χ0n) is 17.2. The number of rotatable bonds is 8. The highest BCUT2D eigenvalue weighted by Gasteiger charge is 2.16. The largest absolute Gasteiger partial charge is 0.497 e. The van der Waals surface area contributed by atoms with Gasteiger partial charge in [-0.2, -0.15) is 0 Å². The minimum Gasteiger partial charge on any atom is -0.497 e. The Hall–Kier alpha value is -3.13. The van der Waals surface area contributed by atoms with E-state index in [1.807, 2.05) is 30.3 Å². The molecule has 30 heavy (non-hydrogen) atoms. The van der Waals surface area contributed by atoms with Gasteiger partial charge >= 0.3 is 0 Å². The third-order valence-electron chi connectivity index (χ3n) is 4.57. The molecule has 2 heterocycles. The molecule has 0 fully saturated rings. The van der Waals surface area contributed by atoms with Gasteiger partial charge in [-0.15, -0.1) is 20.4 Å². The normalized spacial score (nSPS) is 11.0. The Morgan fingerprint density at radius 3 is 2.57 bits per heavy atom. The first-order valence-corrected chi connectivity index (χ1v) is 10.8. The van der Waals surface area contributed by atoms with Crippen LogP contribution in [-0.4, -0.2) is 32.1 Å². The van der Waals surface area contributed by atoms with E-state index in [-0.39, 0.29) is 0 Å². The number of thioether (sulfide) groups is 1. The molecule has 0 amide bonds. The average Bonchev–Trinajstić information content (AvgIpc) is 3.40. The highest BCUT2D eigenvalue weighted by Crippen LogP contribution is 2.28. The molecule has 154 valence electrons. The Morgan fingerprint density at radius 2 is 1.83 bits per heavy atom. The highest BCUT2D eigenvalue weighted by atomic mass is 32.2.